The van der Waals surface area contributed by atoms with Gasteiger partial charge in [0.25, 0.3) is 10.0 Å². The van der Waals surface area contributed by atoms with Gasteiger partial charge in [0.2, 0.25) is 0 Å². The minimum atomic E-state index is -3.45. The third-order valence-electron chi connectivity index (χ3n) is 4.17. The highest BCUT2D eigenvalue weighted by atomic mass is 32.2. The molecule has 0 radical (unpaired) electrons. The molecule has 0 bridgehead atoms. The van der Waals surface area contributed by atoms with Crippen LogP contribution in [0.1, 0.15) is 63.4 Å². The Morgan fingerprint density at radius 1 is 1.35 bits per heavy atom. The van der Waals surface area contributed by atoms with Crippen molar-refractivity contribution in [2.75, 3.05) is 0 Å². The van der Waals surface area contributed by atoms with Crippen molar-refractivity contribution in [1.82, 2.24) is 14.3 Å². The number of sulfonamides is 1. The summed E-state index contributed by atoms with van der Waals surface area (Å²) in [6.45, 7) is 5.12. The zero-order valence-corrected chi connectivity index (χ0v) is 13.0. The van der Waals surface area contributed by atoms with E-state index in [1.54, 1.807) is 0 Å². The molecule has 20 heavy (non-hydrogen) atoms. The van der Waals surface area contributed by atoms with Gasteiger partial charge in [-0.2, -0.15) is 0 Å². The highest BCUT2D eigenvalue weighted by molar-refractivity contribution is 7.89. The van der Waals surface area contributed by atoms with Crippen LogP contribution >= 0.6 is 0 Å². The average molecular weight is 297 g/mol. The molecule has 1 atom stereocenters. The quantitative estimate of drug-likeness (QED) is 0.906. The molecule has 0 aromatic carbocycles. The van der Waals surface area contributed by atoms with E-state index in [0.29, 0.717) is 5.03 Å². The van der Waals surface area contributed by atoms with Crippen molar-refractivity contribution in [3.63, 3.8) is 0 Å². The summed E-state index contributed by atoms with van der Waals surface area (Å²) in [7, 11) is -3.45. The van der Waals surface area contributed by atoms with Crippen LogP contribution < -0.4 is 4.72 Å². The first-order chi connectivity index (χ1) is 9.53. The monoisotopic (exact) mass is 297 g/mol. The van der Waals surface area contributed by atoms with Crippen molar-refractivity contribution >= 4 is 10.0 Å². The fraction of sp³-hybridized carbons (Fsp3) is 0.786. The molecule has 5 nitrogen and oxygen atoms in total. The van der Waals surface area contributed by atoms with E-state index in [4.69, 9.17) is 0 Å². The largest absolute Gasteiger partial charge is 0.330 e. The molecule has 6 heteroatoms. The number of aromatic nitrogens is 2. The van der Waals surface area contributed by atoms with Crippen LogP contribution in [0.3, 0.4) is 0 Å². The van der Waals surface area contributed by atoms with Gasteiger partial charge in [-0.25, -0.2) is 18.1 Å². The fourth-order valence-electron chi connectivity index (χ4n) is 3.00. The van der Waals surface area contributed by atoms with Gasteiger partial charge in [-0.3, -0.25) is 0 Å². The molecule has 2 heterocycles. The molecule has 1 saturated carbocycles. The van der Waals surface area contributed by atoms with Crippen LogP contribution in [0.25, 0.3) is 0 Å². The van der Waals surface area contributed by atoms with E-state index in [1.807, 2.05) is 0 Å². The van der Waals surface area contributed by atoms with E-state index in [9.17, 15) is 8.42 Å². The third kappa shape index (κ3) is 2.51. The van der Waals surface area contributed by atoms with Gasteiger partial charge in [-0.05, 0) is 38.0 Å². The number of nitrogens with one attached hydrogen (secondary N) is 1. The Balaban J connectivity index is 2.05. The number of fused-ring (bicyclic) bond motifs is 1. The Morgan fingerprint density at radius 2 is 2.10 bits per heavy atom. The second-order valence-electron chi connectivity index (χ2n) is 6.06. The minimum Gasteiger partial charge on any atom is -0.330 e. The van der Waals surface area contributed by atoms with Crippen LogP contribution in [-0.4, -0.2) is 24.0 Å². The highest BCUT2D eigenvalue weighted by Gasteiger charge is 2.35. The molecule has 1 unspecified atom stereocenters. The molecule has 1 fully saturated rings. The molecule has 0 spiro atoms. The van der Waals surface area contributed by atoms with Crippen molar-refractivity contribution in [1.29, 1.82) is 0 Å². The van der Waals surface area contributed by atoms with E-state index < -0.39 is 10.0 Å². The second-order valence-corrected chi connectivity index (χ2v) is 7.69. The van der Waals surface area contributed by atoms with Crippen LogP contribution in [0.5, 0.6) is 0 Å². The van der Waals surface area contributed by atoms with Gasteiger partial charge < -0.3 is 4.57 Å². The lowest BCUT2D eigenvalue weighted by Crippen LogP contribution is -2.28. The number of hydrogen-bond acceptors (Lipinski definition) is 3. The molecule has 0 saturated heterocycles. The molecule has 0 amide bonds. The summed E-state index contributed by atoms with van der Waals surface area (Å²) in [4.78, 5) is 4.50. The molecule has 2 aliphatic rings. The Kier molecular flexibility index (Phi) is 3.62. The third-order valence-corrected chi connectivity index (χ3v) is 5.62. The van der Waals surface area contributed by atoms with Gasteiger partial charge >= 0.3 is 0 Å². The normalized spacial score (nSPS) is 22.8. The van der Waals surface area contributed by atoms with E-state index in [0.717, 1.165) is 56.6 Å². The number of rotatable bonds is 5. The lowest BCUT2D eigenvalue weighted by Gasteiger charge is -2.23. The predicted molar refractivity (Wildman–Crippen MR) is 77.2 cm³/mol. The Hall–Kier alpha value is -0.880. The highest BCUT2D eigenvalue weighted by Crippen LogP contribution is 2.34. The first-order valence-corrected chi connectivity index (χ1v) is 9.13. The number of hydrogen-bond donors (Lipinski definition) is 1. The van der Waals surface area contributed by atoms with Crippen molar-refractivity contribution in [3.8, 4) is 0 Å². The van der Waals surface area contributed by atoms with Gasteiger partial charge in [0, 0.05) is 19.0 Å². The molecular weight excluding hydrogens is 274 g/mol. The maximum Gasteiger partial charge on any atom is 0.260 e. The van der Waals surface area contributed by atoms with Crippen LogP contribution in [-0.2, 0) is 23.0 Å². The van der Waals surface area contributed by atoms with Crippen molar-refractivity contribution < 1.29 is 8.42 Å². The summed E-state index contributed by atoms with van der Waals surface area (Å²) in [5.41, 5.74) is 0.924. The second kappa shape index (κ2) is 5.15. The average Bonchev–Trinajstić information content (AvgIpc) is 3.10. The zero-order chi connectivity index (χ0) is 14.3. The smallest absolute Gasteiger partial charge is 0.260 e. The van der Waals surface area contributed by atoms with Gasteiger partial charge in [0.05, 0.1) is 5.69 Å². The summed E-state index contributed by atoms with van der Waals surface area (Å²) in [6.07, 6.45) is 5.89. The molecule has 1 aromatic rings. The number of aryl methyl sites for hydroxylation is 1. The van der Waals surface area contributed by atoms with Crippen LogP contribution in [0.4, 0.5) is 0 Å². The molecule has 1 aliphatic carbocycles. The Bertz CT molecular complexity index is 602. The van der Waals surface area contributed by atoms with E-state index >= 15 is 0 Å². The number of nitrogens with zero attached hydrogens (tertiary/aromatic N) is 2. The summed E-state index contributed by atoms with van der Waals surface area (Å²) >= 11 is 0. The maximum absolute atomic E-state index is 12.5. The van der Waals surface area contributed by atoms with Crippen molar-refractivity contribution in [3.05, 3.63) is 11.5 Å². The summed E-state index contributed by atoms with van der Waals surface area (Å²) < 4.78 is 30.0. The van der Waals surface area contributed by atoms with Gasteiger partial charge in [0.15, 0.2) is 5.03 Å². The van der Waals surface area contributed by atoms with Crippen LogP contribution in [0.15, 0.2) is 5.03 Å². The molecular formula is C14H23N3O2S. The van der Waals surface area contributed by atoms with Crippen molar-refractivity contribution in [2.45, 2.75) is 75.9 Å². The fourth-order valence-corrected chi connectivity index (χ4v) is 4.60. The summed E-state index contributed by atoms with van der Waals surface area (Å²) in [6, 6.07) is 0.130. The van der Waals surface area contributed by atoms with Crippen molar-refractivity contribution in [2.24, 2.45) is 0 Å². The van der Waals surface area contributed by atoms with E-state index in [-0.39, 0.29) is 12.0 Å². The Morgan fingerprint density at radius 3 is 2.75 bits per heavy atom. The maximum atomic E-state index is 12.5. The number of imidazole rings is 1. The lowest BCUT2D eigenvalue weighted by molar-refractivity contribution is 0.455. The van der Waals surface area contributed by atoms with Crippen LogP contribution in [0, 0.1) is 0 Å². The lowest BCUT2D eigenvalue weighted by atomic mass is 9.98. The molecule has 112 valence electrons. The molecule has 1 N–H and O–H groups in total. The Labute approximate surface area is 120 Å². The van der Waals surface area contributed by atoms with E-state index in [1.165, 1.54) is 0 Å². The zero-order valence-electron chi connectivity index (χ0n) is 12.2. The molecule has 3 rings (SSSR count). The molecule has 1 aromatic heterocycles. The van der Waals surface area contributed by atoms with E-state index in [2.05, 4.69) is 28.1 Å². The van der Waals surface area contributed by atoms with Gasteiger partial charge in [-0.1, -0.05) is 13.8 Å². The first-order valence-electron chi connectivity index (χ1n) is 7.64. The predicted octanol–water partition coefficient (Wildman–Crippen LogP) is 2.17. The summed E-state index contributed by atoms with van der Waals surface area (Å²) in [5, 5.41) is 0.292. The van der Waals surface area contributed by atoms with Crippen LogP contribution in [0.2, 0.25) is 0 Å². The SMILES string of the molecule is CCCc1nc(S(=O)(=O)NC2CC2)c2n1CCCC2C. The van der Waals surface area contributed by atoms with Gasteiger partial charge in [-0.15, -0.1) is 0 Å². The summed E-state index contributed by atoms with van der Waals surface area (Å²) in [5.74, 6) is 1.21. The molecule has 1 aliphatic heterocycles. The standard InChI is InChI=1S/C14H23N3O2S/c1-3-5-12-15-14(20(18,19)16-11-7-8-11)13-10(2)6-4-9-17(12)13/h10-11,16H,3-9H2,1-2H3. The van der Waals surface area contributed by atoms with Gasteiger partial charge in [0.1, 0.15) is 5.82 Å². The minimum absolute atomic E-state index is 0.130. The first kappa shape index (κ1) is 14.1. The topological polar surface area (TPSA) is 64.0 Å².